The molecular weight excluding hydrogens is 232 g/mol. The Morgan fingerprint density at radius 1 is 1.06 bits per heavy atom. The monoisotopic (exact) mass is 242 g/mol. The molecule has 0 saturated heterocycles. The number of halogens is 1. The van der Waals surface area contributed by atoms with E-state index >= 15 is 0 Å². The summed E-state index contributed by atoms with van der Waals surface area (Å²) in [5.41, 5.74) is 2.05. The highest BCUT2D eigenvalue weighted by atomic mass is 35.5. The molecule has 2 nitrogen and oxygen atoms in total. The van der Waals surface area contributed by atoms with Crippen molar-refractivity contribution in [1.82, 2.24) is 9.97 Å². The number of nitrogens with one attached hydrogen (secondary N) is 1. The Kier molecular flexibility index (Phi) is 2.57. The molecule has 0 atom stereocenters. The van der Waals surface area contributed by atoms with Gasteiger partial charge in [-0.2, -0.15) is 0 Å². The largest absolute Gasteiger partial charge is 0.341 e. The van der Waals surface area contributed by atoms with Gasteiger partial charge in [0.2, 0.25) is 0 Å². The van der Waals surface area contributed by atoms with Crippen molar-refractivity contribution in [3.05, 3.63) is 54.4 Å². The third-order valence-corrected chi connectivity index (χ3v) is 3.11. The van der Waals surface area contributed by atoms with E-state index in [9.17, 15) is 0 Å². The second-order valence-corrected chi connectivity index (χ2v) is 4.18. The van der Waals surface area contributed by atoms with Crippen molar-refractivity contribution in [1.29, 1.82) is 0 Å². The zero-order valence-corrected chi connectivity index (χ0v) is 9.91. The summed E-state index contributed by atoms with van der Waals surface area (Å²) in [5.74, 6) is 1.33. The van der Waals surface area contributed by atoms with Crippen molar-refractivity contribution in [2.24, 2.45) is 0 Å². The lowest BCUT2D eigenvalue weighted by molar-refractivity contribution is 1.23. The van der Waals surface area contributed by atoms with Gasteiger partial charge in [-0.3, -0.25) is 0 Å². The van der Waals surface area contributed by atoms with Gasteiger partial charge in [0.15, 0.2) is 0 Å². The lowest BCUT2D eigenvalue weighted by Crippen LogP contribution is -1.84. The number of benzene rings is 2. The van der Waals surface area contributed by atoms with Gasteiger partial charge in [0.05, 0.1) is 5.88 Å². The van der Waals surface area contributed by atoms with Crippen LogP contribution < -0.4 is 0 Å². The lowest BCUT2D eigenvalue weighted by atomic mass is 10.0. The molecule has 0 radical (unpaired) electrons. The number of nitrogens with zero attached hydrogens (tertiary/aromatic N) is 1. The third kappa shape index (κ3) is 1.81. The van der Waals surface area contributed by atoms with Gasteiger partial charge in [0.25, 0.3) is 0 Å². The summed E-state index contributed by atoms with van der Waals surface area (Å²) < 4.78 is 0. The fourth-order valence-electron chi connectivity index (χ4n) is 2.00. The molecule has 0 unspecified atom stereocenters. The molecule has 0 saturated carbocycles. The zero-order valence-electron chi connectivity index (χ0n) is 9.15. The predicted octanol–water partition coefficient (Wildman–Crippen LogP) is 3.97. The van der Waals surface area contributed by atoms with Crippen LogP contribution in [-0.4, -0.2) is 9.97 Å². The average molecular weight is 243 g/mol. The van der Waals surface area contributed by atoms with Crippen molar-refractivity contribution in [3.8, 4) is 11.4 Å². The predicted molar refractivity (Wildman–Crippen MR) is 71.1 cm³/mol. The van der Waals surface area contributed by atoms with Crippen molar-refractivity contribution in [2.45, 2.75) is 5.88 Å². The van der Waals surface area contributed by atoms with Crippen molar-refractivity contribution in [3.63, 3.8) is 0 Å². The number of aromatic amines is 1. The Labute approximate surface area is 104 Å². The minimum atomic E-state index is 0.456. The molecule has 3 aromatic rings. The van der Waals surface area contributed by atoms with Crippen LogP contribution in [-0.2, 0) is 5.88 Å². The van der Waals surface area contributed by atoms with Crippen LogP contribution in [0.1, 0.15) is 5.69 Å². The fourth-order valence-corrected chi connectivity index (χ4v) is 2.13. The van der Waals surface area contributed by atoms with E-state index in [1.807, 2.05) is 18.2 Å². The highest BCUT2D eigenvalue weighted by Gasteiger charge is 2.06. The van der Waals surface area contributed by atoms with E-state index in [0.29, 0.717) is 5.88 Å². The fraction of sp³-hybridized carbons (Fsp3) is 0.0714. The smallest absolute Gasteiger partial charge is 0.138 e. The Morgan fingerprint density at radius 2 is 1.88 bits per heavy atom. The van der Waals surface area contributed by atoms with Gasteiger partial charge >= 0.3 is 0 Å². The number of hydrogen-bond acceptors (Lipinski definition) is 1. The molecule has 0 aliphatic carbocycles. The topological polar surface area (TPSA) is 28.7 Å². The van der Waals surface area contributed by atoms with Crippen LogP contribution in [0.15, 0.2) is 48.7 Å². The molecule has 1 N–H and O–H groups in total. The Morgan fingerprint density at radius 3 is 2.71 bits per heavy atom. The van der Waals surface area contributed by atoms with Crippen molar-refractivity contribution in [2.75, 3.05) is 0 Å². The molecule has 0 amide bonds. The minimum Gasteiger partial charge on any atom is -0.341 e. The van der Waals surface area contributed by atoms with E-state index in [4.69, 9.17) is 11.6 Å². The summed E-state index contributed by atoms with van der Waals surface area (Å²) in [5, 5.41) is 2.42. The van der Waals surface area contributed by atoms with Gasteiger partial charge in [0.1, 0.15) is 5.82 Å². The first-order chi connectivity index (χ1) is 8.38. The Balaban J connectivity index is 2.23. The molecule has 17 heavy (non-hydrogen) atoms. The number of aromatic nitrogens is 2. The van der Waals surface area contributed by atoms with E-state index in [2.05, 4.69) is 34.2 Å². The van der Waals surface area contributed by atoms with Gasteiger partial charge in [-0.15, -0.1) is 11.6 Å². The number of H-pyrrole nitrogens is 1. The molecule has 0 aliphatic heterocycles. The van der Waals surface area contributed by atoms with Crippen LogP contribution in [0, 0.1) is 0 Å². The molecule has 3 rings (SSSR count). The number of fused-ring (bicyclic) bond motifs is 1. The summed E-state index contributed by atoms with van der Waals surface area (Å²) >= 11 is 5.77. The van der Waals surface area contributed by atoms with Crippen LogP contribution in [0.2, 0.25) is 0 Å². The first-order valence-corrected chi connectivity index (χ1v) is 6.00. The lowest BCUT2D eigenvalue weighted by Gasteiger charge is -2.03. The molecule has 0 aliphatic rings. The SMILES string of the molecule is ClCc1cnc(-c2cccc3ccccc23)[nH]1. The normalized spacial score (nSPS) is 10.9. The summed E-state index contributed by atoms with van der Waals surface area (Å²) in [6, 6.07) is 14.5. The van der Waals surface area contributed by atoms with Gasteiger partial charge in [-0.25, -0.2) is 4.98 Å². The third-order valence-electron chi connectivity index (χ3n) is 2.82. The first kappa shape index (κ1) is 10.4. The Hall–Kier alpha value is -1.80. The Bertz CT molecular complexity index is 653. The molecule has 84 valence electrons. The van der Waals surface area contributed by atoms with E-state index in [1.165, 1.54) is 10.8 Å². The number of alkyl halides is 1. The van der Waals surface area contributed by atoms with E-state index < -0.39 is 0 Å². The summed E-state index contributed by atoms with van der Waals surface area (Å²) in [7, 11) is 0. The average Bonchev–Trinajstić information content (AvgIpc) is 2.87. The van der Waals surface area contributed by atoms with Crippen LogP contribution >= 0.6 is 11.6 Å². The molecule has 1 aromatic heterocycles. The molecule has 2 aromatic carbocycles. The van der Waals surface area contributed by atoms with Gasteiger partial charge in [0, 0.05) is 17.5 Å². The highest BCUT2D eigenvalue weighted by molar-refractivity contribution is 6.16. The van der Waals surface area contributed by atoms with Crippen LogP contribution in [0.5, 0.6) is 0 Å². The number of hydrogen-bond donors (Lipinski definition) is 1. The molecule has 0 spiro atoms. The summed E-state index contributed by atoms with van der Waals surface area (Å²) in [4.78, 5) is 7.60. The summed E-state index contributed by atoms with van der Waals surface area (Å²) in [6.45, 7) is 0. The molecular formula is C14H11ClN2. The summed E-state index contributed by atoms with van der Waals surface area (Å²) in [6.07, 6.45) is 1.78. The molecule has 1 heterocycles. The van der Waals surface area contributed by atoms with Gasteiger partial charge in [-0.05, 0) is 10.8 Å². The quantitative estimate of drug-likeness (QED) is 0.677. The molecule has 3 heteroatoms. The van der Waals surface area contributed by atoms with Gasteiger partial charge in [-0.1, -0.05) is 42.5 Å². The van der Waals surface area contributed by atoms with E-state index in [0.717, 1.165) is 17.1 Å². The van der Waals surface area contributed by atoms with Crippen LogP contribution in [0.25, 0.3) is 22.2 Å². The highest BCUT2D eigenvalue weighted by Crippen LogP contribution is 2.26. The van der Waals surface area contributed by atoms with Gasteiger partial charge < -0.3 is 4.98 Å². The second-order valence-electron chi connectivity index (χ2n) is 3.92. The molecule has 0 bridgehead atoms. The van der Waals surface area contributed by atoms with Crippen molar-refractivity contribution >= 4 is 22.4 Å². The number of imidazole rings is 1. The minimum absolute atomic E-state index is 0.456. The van der Waals surface area contributed by atoms with Crippen LogP contribution in [0.4, 0.5) is 0 Å². The van der Waals surface area contributed by atoms with Crippen molar-refractivity contribution < 1.29 is 0 Å². The van der Waals surface area contributed by atoms with E-state index in [-0.39, 0.29) is 0 Å². The molecule has 0 fully saturated rings. The second kappa shape index (κ2) is 4.22. The zero-order chi connectivity index (χ0) is 11.7. The maximum absolute atomic E-state index is 5.77. The number of rotatable bonds is 2. The maximum atomic E-state index is 5.77. The maximum Gasteiger partial charge on any atom is 0.138 e. The van der Waals surface area contributed by atoms with E-state index in [1.54, 1.807) is 6.20 Å². The van der Waals surface area contributed by atoms with Crippen LogP contribution in [0.3, 0.4) is 0 Å². The first-order valence-electron chi connectivity index (χ1n) is 5.46. The standard InChI is InChI=1S/C14H11ClN2/c15-8-11-9-16-14(17-11)13-7-3-5-10-4-1-2-6-12(10)13/h1-7,9H,8H2,(H,16,17).